The van der Waals surface area contributed by atoms with Gasteiger partial charge in [0.25, 0.3) is 0 Å². The number of ether oxygens (including phenoxy) is 2. The summed E-state index contributed by atoms with van der Waals surface area (Å²) < 4.78 is 16.1. The van der Waals surface area contributed by atoms with Crippen LogP contribution in [-0.4, -0.2) is 26.1 Å². The fraction of sp³-hybridized carbons (Fsp3) is 0.250. The minimum Gasteiger partial charge on any atom is -0.497 e. The number of rotatable bonds is 9. The van der Waals surface area contributed by atoms with E-state index < -0.39 is 0 Å². The van der Waals surface area contributed by atoms with Gasteiger partial charge in [-0.1, -0.05) is 30.8 Å². The van der Waals surface area contributed by atoms with Gasteiger partial charge in [0.05, 0.1) is 12.7 Å². The molecule has 0 amide bonds. The molecule has 0 saturated carbocycles. The average molecular weight is 392 g/mol. The first-order valence-electron chi connectivity index (χ1n) is 9.45. The maximum Gasteiger partial charge on any atom is 0.344 e. The van der Waals surface area contributed by atoms with Crippen LogP contribution in [0.2, 0.25) is 0 Å². The van der Waals surface area contributed by atoms with Crippen LogP contribution in [0, 0.1) is 0 Å². The maximum absolute atomic E-state index is 12.5. The molecule has 0 aliphatic heterocycles. The highest BCUT2D eigenvalue weighted by Crippen LogP contribution is 2.24. The van der Waals surface area contributed by atoms with Crippen molar-refractivity contribution in [3.63, 3.8) is 0 Å². The smallest absolute Gasteiger partial charge is 0.344 e. The molecule has 0 spiro atoms. The van der Waals surface area contributed by atoms with Crippen LogP contribution in [0.3, 0.4) is 0 Å². The van der Waals surface area contributed by atoms with Crippen molar-refractivity contribution < 1.29 is 18.7 Å². The molecular formula is C24H24O5. The Balaban J connectivity index is 1.68. The minimum atomic E-state index is -0.374. The second-order valence-corrected chi connectivity index (χ2v) is 6.91. The second kappa shape index (κ2) is 9.34. The number of hydrogen-bond acceptors (Lipinski definition) is 5. The van der Waals surface area contributed by atoms with Crippen LogP contribution in [0.15, 0.2) is 69.9 Å². The van der Waals surface area contributed by atoms with E-state index in [2.05, 4.69) is 6.58 Å². The Morgan fingerprint density at radius 2 is 1.86 bits per heavy atom. The molecule has 29 heavy (non-hydrogen) atoms. The first-order valence-corrected chi connectivity index (χ1v) is 9.45. The summed E-state index contributed by atoms with van der Waals surface area (Å²) in [5.74, 6) is 0.654. The van der Waals surface area contributed by atoms with Crippen molar-refractivity contribution in [2.24, 2.45) is 0 Å². The summed E-state index contributed by atoms with van der Waals surface area (Å²) in [5.41, 5.74) is 3.04. The van der Waals surface area contributed by atoms with Gasteiger partial charge in [-0.25, -0.2) is 4.79 Å². The van der Waals surface area contributed by atoms with Gasteiger partial charge in [-0.05, 0) is 60.7 Å². The molecule has 1 aromatic heterocycles. The lowest BCUT2D eigenvalue weighted by atomic mass is 10.0. The van der Waals surface area contributed by atoms with Gasteiger partial charge in [0.2, 0.25) is 0 Å². The van der Waals surface area contributed by atoms with Crippen molar-refractivity contribution in [2.45, 2.75) is 19.8 Å². The summed E-state index contributed by atoms with van der Waals surface area (Å²) in [6, 6.07) is 15.0. The number of ketones is 1. The lowest BCUT2D eigenvalue weighted by Crippen LogP contribution is -2.10. The molecule has 0 bridgehead atoms. The Hall–Kier alpha value is -3.18. The van der Waals surface area contributed by atoms with Gasteiger partial charge in [-0.3, -0.25) is 4.79 Å². The van der Waals surface area contributed by atoms with Gasteiger partial charge >= 0.3 is 5.63 Å². The van der Waals surface area contributed by atoms with Gasteiger partial charge < -0.3 is 13.9 Å². The van der Waals surface area contributed by atoms with Crippen LogP contribution in [-0.2, 0) is 16.0 Å². The quantitative estimate of drug-likeness (QED) is 0.303. The number of hydrogen-bond donors (Lipinski definition) is 0. The largest absolute Gasteiger partial charge is 0.497 e. The van der Waals surface area contributed by atoms with Crippen molar-refractivity contribution in [1.82, 2.24) is 0 Å². The minimum absolute atomic E-state index is 0.0655. The van der Waals surface area contributed by atoms with Crippen molar-refractivity contribution in [3.05, 3.63) is 76.7 Å². The van der Waals surface area contributed by atoms with Gasteiger partial charge in [0.15, 0.2) is 5.78 Å². The highest BCUT2D eigenvalue weighted by atomic mass is 16.5. The van der Waals surface area contributed by atoms with Gasteiger partial charge in [0, 0.05) is 12.0 Å². The summed E-state index contributed by atoms with van der Waals surface area (Å²) in [6.07, 6.45) is 1.53. The third-order valence-electron chi connectivity index (χ3n) is 4.66. The normalized spacial score (nSPS) is 10.8. The highest BCUT2D eigenvalue weighted by Gasteiger charge is 2.09. The molecule has 3 aromatic rings. The van der Waals surface area contributed by atoms with Crippen molar-refractivity contribution in [2.75, 3.05) is 20.3 Å². The zero-order valence-electron chi connectivity index (χ0n) is 16.7. The Kier molecular flexibility index (Phi) is 6.62. The van der Waals surface area contributed by atoms with Crippen LogP contribution in [0.25, 0.3) is 22.1 Å². The van der Waals surface area contributed by atoms with Crippen molar-refractivity contribution >= 4 is 16.8 Å². The van der Waals surface area contributed by atoms with E-state index in [4.69, 9.17) is 13.9 Å². The summed E-state index contributed by atoms with van der Waals surface area (Å²) in [5, 5.41) is 0.863. The number of carbonyl (C=O) groups excluding carboxylic acids is 1. The summed E-state index contributed by atoms with van der Waals surface area (Å²) in [6.45, 7) is 5.82. The maximum atomic E-state index is 12.5. The van der Waals surface area contributed by atoms with Gasteiger partial charge in [-0.15, -0.1) is 0 Å². The molecule has 0 aliphatic carbocycles. The molecule has 2 aromatic carbocycles. The van der Waals surface area contributed by atoms with Crippen molar-refractivity contribution in [1.29, 1.82) is 0 Å². The zero-order valence-corrected chi connectivity index (χ0v) is 16.7. The third-order valence-corrected chi connectivity index (χ3v) is 4.66. The molecule has 150 valence electrons. The van der Waals surface area contributed by atoms with E-state index >= 15 is 0 Å². The van der Waals surface area contributed by atoms with Crippen LogP contribution in [0.5, 0.6) is 5.75 Å². The first kappa shape index (κ1) is 20.6. The average Bonchev–Trinajstić information content (AvgIpc) is 2.72. The lowest BCUT2D eigenvalue weighted by molar-refractivity contribution is -0.119. The molecule has 1 heterocycles. The molecule has 0 unspecified atom stereocenters. The summed E-state index contributed by atoms with van der Waals surface area (Å²) in [4.78, 5) is 23.9. The van der Waals surface area contributed by atoms with Crippen molar-refractivity contribution in [3.8, 4) is 16.9 Å². The van der Waals surface area contributed by atoms with E-state index in [1.54, 1.807) is 14.0 Å². The zero-order chi connectivity index (χ0) is 20.8. The number of benzene rings is 2. The molecular weight excluding hydrogens is 368 g/mol. The number of methoxy groups -OCH3 is 1. The molecule has 0 fully saturated rings. The number of aryl methyl sites for hydroxylation is 1. The number of carbonyl (C=O) groups is 1. The Bertz CT molecular complexity index is 1080. The van der Waals surface area contributed by atoms with Crippen LogP contribution in [0.4, 0.5) is 0 Å². The monoisotopic (exact) mass is 392 g/mol. The summed E-state index contributed by atoms with van der Waals surface area (Å²) in [7, 11) is 1.60. The fourth-order valence-electron chi connectivity index (χ4n) is 2.95. The van der Waals surface area contributed by atoms with Crippen LogP contribution >= 0.6 is 0 Å². The molecule has 0 atom stereocenters. The first-order chi connectivity index (χ1) is 14.0. The lowest BCUT2D eigenvalue weighted by Gasteiger charge is -2.07. The van der Waals surface area contributed by atoms with E-state index in [0.29, 0.717) is 23.3 Å². The Labute approximate surface area is 169 Å². The predicted molar refractivity (Wildman–Crippen MR) is 113 cm³/mol. The molecule has 0 aliphatic rings. The third kappa shape index (κ3) is 5.21. The van der Waals surface area contributed by atoms with E-state index in [0.717, 1.165) is 35.1 Å². The molecule has 0 saturated heterocycles. The summed E-state index contributed by atoms with van der Waals surface area (Å²) >= 11 is 0. The molecule has 0 N–H and O–H groups in total. The molecule has 3 rings (SSSR count). The van der Waals surface area contributed by atoms with E-state index in [9.17, 15) is 9.59 Å². The van der Waals surface area contributed by atoms with E-state index in [1.165, 1.54) is 0 Å². The molecule has 0 radical (unpaired) electrons. The SMILES string of the molecule is C=C(C)C(=O)COCCCc1ccc2cc(-c3ccc(OC)cc3)c(=O)oc2c1. The number of Topliss-reactive ketones (excluding diaryl/α,β-unsaturated/α-hetero) is 1. The highest BCUT2D eigenvalue weighted by molar-refractivity contribution is 5.95. The standard InChI is InChI=1S/C24H24O5/c1-16(2)22(25)15-28-12-4-5-17-6-7-19-14-21(24(26)29-23(19)13-17)18-8-10-20(27-3)11-9-18/h6-11,13-14H,1,4-5,12,15H2,2-3H3. The number of fused-ring (bicyclic) bond motifs is 1. The molecule has 5 nitrogen and oxygen atoms in total. The van der Waals surface area contributed by atoms with E-state index in [-0.39, 0.29) is 18.0 Å². The Morgan fingerprint density at radius 3 is 2.55 bits per heavy atom. The van der Waals surface area contributed by atoms with E-state index in [1.807, 2.05) is 48.5 Å². The topological polar surface area (TPSA) is 65.7 Å². The second-order valence-electron chi connectivity index (χ2n) is 6.91. The Morgan fingerprint density at radius 1 is 1.10 bits per heavy atom. The fourth-order valence-corrected chi connectivity index (χ4v) is 2.95. The van der Waals surface area contributed by atoms with Crippen LogP contribution in [0.1, 0.15) is 18.9 Å². The molecule has 5 heteroatoms. The van der Waals surface area contributed by atoms with Gasteiger partial charge in [0.1, 0.15) is 17.9 Å². The predicted octanol–water partition coefficient (Wildman–Crippen LogP) is 4.56. The van der Waals surface area contributed by atoms with Crippen LogP contribution < -0.4 is 10.4 Å². The van der Waals surface area contributed by atoms with Gasteiger partial charge in [-0.2, -0.15) is 0 Å².